The van der Waals surface area contributed by atoms with Gasteiger partial charge in [-0.1, -0.05) is 61.8 Å². The molecule has 2 aromatic rings. The molecule has 170 valence electrons. The van der Waals surface area contributed by atoms with Gasteiger partial charge in [0.15, 0.2) is 0 Å². The van der Waals surface area contributed by atoms with E-state index in [1.807, 2.05) is 25.1 Å². The van der Waals surface area contributed by atoms with E-state index >= 15 is 0 Å². The smallest absolute Gasteiger partial charge is 0.313 e. The summed E-state index contributed by atoms with van der Waals surface area (Å²) in [6.07, 6.45) is 1.06. The van der Waals surface area contributed by atoms with Gasteiger partial charge in [0, 0.05) is 32.7 Å². The van der Waals surface area contributed by atoms with Gasteiger partial charge in [-0.05, 0) is 42.5 Å². The molecule has 1 saturated heterocycles. The molecular weight excluding hydrogens is 431 g/mol. The number of esters is 1. The molecule has 31 heavy (non-hydrogen) atoms. The number of piperazine rings is 1. The summed E-state index contributed by atoms with van der Waals surface area (Å²) in [5.41, 5.74) is 3.42. The second-order valence-electron chi connectivity index (χ2n) is 8.51. The van der Waals surface area contributed by atoms with E-state index in [0.29, 0.717) is 12.5 Å². The molecule has 1 fully saturated rings. The molecule has 3 rings (SSSR count). The van der Waals surface area contributed by atoms with E-state index in [9.17, 15) is 4.79 Å². The maximum Gasteiger partial charge on any atom is 0.313 e. The van der Waals surface area contributed by atoms with Crippen molar-refractivity contribution in [3.63, 3.8) is 0 Å². The van der Waals surface area contributed by atoms with E-state index in [1.54, 1.807) is 0 Å². The van der Waals surface area contributed by atoms with Crippen molar-refractivity contribution in [1.29, 1.82) is 0 Å². The molecule has 0 amide bonds. The Labute approximate surface area is 197 Å². The molecule has 0 aromatic heterocycles. The average Bonchev–Trinajstić information content (AvgIpc) is 2.74. The SMILES string of the molecule is CC(C)Cc1ccc(C(C)C(=O)OCCN2CCN(c3ccccc3Cl)CC2)cc1.Cl. The summed E-state index contributed by atoms with van der Waals surface area (Å²) in [5, 5.41) is 0.797. The van der Waals surface area contributed by atoms with Crippen LogP contribution in [-0.2, 0) is 16.0 Å². The van der Waals surface area contributed by atoms with Gasteiger partial charge in [0.25, 0.3) is 0 Å². The van der Waals surface area contributed by atoms with E-state index in [1.165, 1.54) is 5.56 Å². The molecule has 0 N–H and O–H groups in total. The van der Waals surface area contributed by atoms with Crippen LogP contribution in [0.4, 0.5) is 5.69 Å². The average molecular weight is 465 g/mol. The number of carbonyl (C=O) groups is 1. The molecule has 6 heteroatoms. The quantitative estimate of drug-likeness (QED) is 0.487. The zero-order valence-electron chi connectivity index (χ0n) is 18.7. The highest BCUT2D eigenvalue weighted by molar-refractivity contribution is 6.33. The number of benzene rings is 2. The number of hydrogen-bond acceptors (Lipinski definition) is 4. The lowest BCUT2D eigenvalue weighted by Gasteiger charge is -2.36. The predicted molar refractivity (Wildman–Crippen MR) is 132 cm³/mol. The van der Waals surface area contributed by atoms with Gasteiger partial charge in [-0.2, -0.15) is 0 Å². The van der Waals surface area contributed by atoms with E-state index in [4.69, 9.17) is 16.3 Å². The van der Waals surface area contributed by atoms with Crippen molar-refractivity contribution in [3.05, 3.63) is 64.7 Å². The third-order valence-corrected chi connectivity index (χ3v) is 6.01. The number of carbonyl (C=O) groups excluding carboxylic acids is 1. The molecule has 0 bridgehead atoms. The fourth-order valence-electron chi connectivity index (χ4n) is 3.87. The van der Waals surface area contributed by atoms with Gasteiger partial charge in [-0.15, -0.1) is 12.4 Å². The molecule has 0 spiro atoms. The zero-order valence-corrected chi connectivity index (χ0v) is 20.3. The minimum atomic E-state index is -0.241. The first-order valence-electron chi connectivity index (χ1n) is 10.9. The fourth-order valence-corrected chi connectivity index (χ4v) is 4.13. The molecule has 0 aliphatic carbocycles. The predicted octanol–water partition coefficient (Wildman–Crippen LogP) is 5.43. The Morgan fingerprint density at radius 2 is 1.65 bits per heavy atom. The standard InChI is InChI=1S/C25H33ClN2O2.ClH/c1-19(2)18-21-8-10-22(11-9-21)20(3)25(29)30-17-16-27-12-14-28(15-13-27)24-7-5-4-6-23(24)26;/h4-11,19-20H,12-18H2,1-3H3;1H. The summed E-state index contributed by atoms with van der Waals surface area (Å²) < 4.78 is 5.57. The van der Waals surface area contributed by atoms with Crippen LogP contribution < -0.4 is 4.90 Å². The molecule has 2 aromatic carbocycles. The van der Waals surface area contributed by atoms with Crippen molar-refractivity contribution < 1.29 is 9.53 Å². The van der Waals surface area contributed by atoms with Crippen LogP contribution in [0.15, 0.2) is 48.5 Å². The molecule has 1 atom stereocenters. The minimum Gasteiger partial charge on any atom is -0.464 e. The first kappa shape index (κ1) is 25.5. The van der Waals surface area contributed by atoms with Crippen LogP contribution >= 0.6 is 24.0 Å². The number of para-hydroxylation sites is 1. The first-order chi connectivity index (χ1) is 14.4. The van der Waals surface area contributed by atoms with E-state index < -0.39 is 0 Å². The summed E-state index contributed by atoms with van der Waals surface area (Å²) in [6.45, 7) is 11.3. The lowest BCUT2D eigenvalue weighted by molar-refractivity contribution is -0.145. The van der Waals surface area contributed by atoms with Crippen molar-refractivity contribution in [1.82, 2.24) is 4.90 Å². The normalized spacial score (nSPS) is 15.5. The van der Waals surface area contributed by atoms with Crippen LogP contribution in [0.1, 0.15) is 37.8 Å². The molecule has 1 aliphatic heterocycles. The topological polar surface area (TPSA) is 32.8 Å². The van der Waals surface area contributed by atoms with Crippen LogP contribution in [0.5, 0.6) is 0 Å². The summed E-state index contributed by atoms with van der Waals surface area (Å²) in [5.74, 6) is 0.237. The molecular formula is C25H34Cl2N2O2. The summed E-state index contributed by atoms with van der Waals surface area (Å²) >= 11 is 6.31. The van der Waals surface area contributed by atoms with Crippen molar-refractivity contribution in [2.24, 2.45) is 5.92 Å². The van der Waals surface area contributed by atoms with Crippen LogP contribution in [0, 0.1) is 5.92 Å². The third-order valence-electron chi connectivity index (χ3n) is 5.69. The van der Waals surface area contributed by atoms with Gasteiger partial charge in [0.1, 0.15) is 6.61 Å². The monoisotopic (exact) mass is 464 g/mol. The van der Waals surface area contributed by atoms with Crippen LogP contribution in [0.25, 0.3) is 0 Å². The van der Waals surface area contributed by atoms with Gasteiger partial charge in [0.2, 0.25) is 0 Å². The summed E-state index contributed by atoms with van der Waals surface area (Å²) in [4.78, 5) is 17.1. The molecule has 0 saturated carbocycles. The number of rotatable bonds is 8. The Balaban J connectivity index is 0.00000341. The molecule has 4 nitrogen and oxygen atoms in total. The largest absolute Gasteiger partial charge is 0.464 e. The molecule has 1 unspecified atom stereocenters. The van der Waals surface area contributed by atoms with Gasteiger partial charge < -0.3 is 9.64 Å². The van der Waals surface area contributed by atoms with Gasteiger partial charge in [-0.25, -0.2) is 0 Å². The van der Waals surface area contributed by atoms with Crippen molar-refractivity contribution >= 4 is 35.7 Å². The Morgan fingerprint density at radius 3 is 2.26 bits per heavy atom. The lowest BCUT2D eigenvalue weighted by atomic mass is 9.97. The van der Waals surface area contributed by atoms with Crippen LogP contribution in [0.2, 0.25) is 5.02 Å². The van der Waals surface area contributed by atoms with Gasteiger partial charge >= 0.3 is 5.97 Å². The van der Waals surface area contributed by atoms with Crippen LogP contribution in [0.3, 0.4) is 0 Å². The van der Waals surface area contributed by atoms with E-state index in [0.717, 1.165) is 55.4 Å². The maximum atomic E-state index is 12.5. The highest BCUT2D eigenvalue weighted by Crippen LogP contribution is 2.26. The Kier molecular flexibility index (Phi) is 10.1. The second kappa shape index (κ2) is 12.3. The highest BCUT2D eigenvalue weighted by atomic mass is 35.5. The number of hydrogen-bond donors (Lipinski definition) is 0. The van der Waals surface area contributed by atoms with Gasteiger partial charge in [0.05, 0.1) is 16.6 Å². The number of halogens is 2. The molecule has 1 aliphatic rings. The van der Waals surface area contributed by atoms with Crippen LogP contribution in [-0.4, -0.2) is 50.2 Å². The summed E-state index contributed by atoms with van der Waals surface area (Å²) in [7, 11) is 0. The summed E-state index contributed by atoms with van der Waals surface area (Å²) in [6, 6.07) is 16.3. The zero-order chi connectivity index (χ0) is 21.5. The molecule has 0 radical (unpaired) electrons. The van der Waals surface area contributed by atoms with Crippen molar-refractivity contribution in [2.75, 3.05) is 44.2 Å². The number of nitrogens with zero attached hydrogens (tertiary/aromatic N) is 2. The Morgan fingerprint density at radius 1 is 1.00 bits per heavy atom. The highest BCUT2D eigenvalue weighted by Gasteiger charge is 2.20. The lowest BCUT2D eigenvalue weighted by Crippen LogP contribution is -2.47. The minimum absolute atomic E-state index is 0. The fraction of sp³-hybridized carbons (Fsp3) is 0.480. The Hall–Kier alpha value is -1.75. The van der Waals surface area contributed by atoms with E-state index in [2.05, 4.69) is 54.0 Å². The number of anilines is 1. The third kappa shape index (κ3) is 7.41. The maximum absolute atomic E-state index is 12.5. The van der Waals surface area contributed by atoms with Crippen molar-refractivity contribution in [3.8, 4) is 0 Å². The van der Waals surface area contributed by atoms with Gasteiger partial charge in [-0.3, -0.25) is 9.69 Å². The second-order valence-corrected chi connectivity index (χ2v) is 8.92. The number of ether oxygens (including phenoxy) is 1. The molecule has 1 heterocycles. The Bertz CT molecular complexity index is 819. The first-order valence-corrected chi connectivity index (χ1v) is 11.3. The van der Waals surface area contributed by atoms with Crippen molar-refractivity contribution in [2.45, 2.75) is 33.1 Å². The van der Waals surface area contributed by atoms with E-state index in [-0.39, 0.29) is 24.3 Å².